The lowest BCUT2D eigenvalue weighted by molar-refractivity contribution is 0.163. The minimum absolute atomic E-state index is 0.796. The van der Waals surface area contributed by atoms with E-state index in [1.807, 2.05) is 0 Å². The first-order chi connectivity index (χ1) is 10.3. The van der Waals surface area contributed by atoms with Crippen molar-refractivity contribution in [3.05, 3.63) is 29.8 Å². The van der Waals surface area contributed by atoms with Crippen LogP contribution in [0, 0.1) is 11.8 Å². The zero-order valence-corrected chi connectivity index (χ0v) is 13.0. The second-order valence-corrected chi connectivity index (χ2v) is 6.72. The first kappa shape index (κ1) is 14.9. The Kier molecular flexibility index (Phi) is 5.15. The van der Waals surface area contributed by atoms with E-state index in [0.29, 0.717) is 0 Å². The molecule has 1 saturated heterocycles. The highest BCUT2D eigenvalue weighted by Gasteiger charge is 2.22. The molecule has 3 nitrogen and oxygen atoms in total. The van der Waals surface area contributed by atoms with Gasteiger partial charge in [0.25, 0.3) is 0 Å². The number of hydrogen-bond donors (Lipinski definition) is 1. The van der Waals surface area contributed by atoms with E-state index in [9.17, 15) is 0 Å². The quantitative estimate of drug-likeness (QED) is 0.838. The Morgan fingerprint density at radius 2 is 1.90 bits per heavy atom. The Morgan fingerprint density at radius 1 is 1.10 bits per heavy atom. The second-order valence-electron chi connectivity index (χ2n) is 6.72. The maximum absolute atomic E-state index is 5.80. The number of benzene rings is 1. The lowest BCUT2D eigenvalue weighted by atomic mass is 9.94. The summed E-state index contributed by atoms with van der Waals surface area (Å²) in [5.41, 5.74) is 7.09. The molecule has 1 aliphatic carbocycles. The maximum atomic E-state index is 5.80. The molecule has 2 aliphatic rings. The Balaban J connectivity index is 1.47. The van der Waals surface area contributed by atoms with Crippen LogP contribution in [-0.2, 0) is 6.54 Å². The SMILES string of the molecule is NCCC1CCCN(Cc2ccc(OCC3CC3)cc2)C1. The Labute approximate surface area is 128 Å². The molecule has 1 unspecified atom stereocenters. The summed E-state index contributed by atoms with van der Waals surface area (Å²) in [5, 5.41) is 0. The van der Waals surface area contributed by atoms with Crippen molar-refractivity contribution in [2.45, 2.75) is 38.6 Å². The normalized spacial score (nSPS) is 23.2. The number of hydrogen-bond acceptors (Lipinski definition) is 3. The van der Waals surface area contributed by atoms with E-state index in [2.05, 4.69) is 29.2 Å². The zero-order valence-electron chi connectivity index (χ0n) is 13.0. The van der Waals surface area contributed by atoms with Crippen molar-refractivity contribution in [3.63, 3.8) is 0 Å². The average molecular weight is 288 g/mol. The van der Waals surface area contributed by atoms with Crippen molar-refractivity contribution < 1.29 is 4.74 Å². The summed E-state index contributed by atoms with van der Waals surface area (Å²) in [4.78, 5) is 2.57. The Morgan fingerprint density at radius 3 is 2.62 bits per heavy atom. The summed E-state index contributed by atoms with van der Waals surface area (Å²) >= 11 is 0. The van der Waals surface area contributed by atoms with Gasteiger partial charge in [0, 0.05) is 13.1 Å². The van der Waals surface area contributed by atoms with Crippen molar-refractivity contribution >= 4 is 0 Å². The van der Waals surface area contributed by atoms with Crippen LogP contribution in [-0.4, -0.2) is 31.1 Å². The van der Waals surface area contributed by atoms with Crippen LogP contribution < -0.4 is 10.5 Å². The predicted octanol–water partition coefficient (Wildman–Crippen LogP) is 3.04. The van der Waals surface area contributed by atoms with Crippen LogP contribution in [0.25, 0.3) is 0 Å². The van der Waals surface area contributed by atoms with Gasteiger partial charge in [-0.25, -0.2) is 0 Å². The van der Waals surface area contributed by atoms with Gasteiger partial charge in [0.2, 0.25) is 0 Å². The van der Waals surface area contributed by atoms with Crippen molar-refractivity contribution in [2.24, 2.45) is 17.6 Å². The van der Waals surface area contributed by atoms with Crippen LogP contribution in [0.3, 0.4) is 0 Å². The topological polar surface area (TPSA) is 38.5 Å². The summed E-state index contributed by atoms with van der Waals surface area (Å²) < 4.78 is 5.80. The fourth-order valence-electron chi connectivity index (χ4n) is 3.21. The van der Waals surface area contributed by atoms with Gasteiger partial charge in [-0.2, -0.15) is 0 Å². The second kappa shape index (κ2) is 7.28. The first-order valence-corrected chi connectivity index (χ1v) is 8.47. The standard InChI is InChI=1S/C18H28N2O/c19-10-9-15-2-1-11-20(12-15)13-16-5-7-18(8-6-16)21-14-17-3-4-17/h5-8,15,17H,1-4,9-14,19H2. The largest absolute Gasteiger partial charge is 0.493 e. The molecular weight excluding hydrogens is 260 g/mol. The monoisotopic (exact) mass is 288 g/mol. The highest BCUT2D eigenvalue weighted by molar-refractivity contribution is 5.27. The molecule has 0 aromatic heterocycles. The van der Waals surface area contributed by atoms with E-state index >= 15 is 0 Å². The van der Waals surface area contributed by atoms with Gasteiger partial charge in [-0.3, -0.25) is 4.90 Å². The molecule has 0 amide bonds. The molecule has 2 N–H and O–H groups in total. The smallest absolute Gasteiger partial charge is 0.119 e. The molecule has 2 fully saturated rings. The molecule has 21 heavy (non-hydrogen) atoms. The van der Waals surface area contributed by atoms with Crippen LogP contribution in [0.15, 0.2) is 24.3 Å². The fraction of sp³-hybridized carbons (Fsp3) is 0.667. The van der Waals surface area contributed by atoms with Gasteiger partial charge in [-0.05, 0) is 74.7 Å². The van der Waals surface area contributed by atoms with Crippen molar-refractivity contribution in [3.8, 4) is 5.75 Å². The predicted molar refractivity (Wildman–Crippen MR) is 86.3 cm³/mol. The van der Waals surface area contributed by atoms with Gasteiger partial charge in [0.1, 0.15) is 5.75 Å². The first-order valence-electron chi connectivity index (χ1n) is 8.47. The van der Waals surface area contributed by atoms with Crippen LogP contribution in [0.4, 0.5) is 0 Å². The fourth-order valence-corrected chi connectivity index (χ4v) is 3.21. The molecule has 3 rings (SSSR count). The van der Waals surface area contributed by atoms with Crippen LogP contribution >= 0.6 is 0 Å². The third kappa shape index (κ3) is 4.72. The van der Waals surface area contributed by atoms with Crippen molar-refractivity contribution in [1.82, 2.24) is 4.90 Å². The molecule has 1 aromatic carbocycles. The Bertz CT molecular complexity index is 425. The third-order valence-electron chi connectivity index (χ3n) is 4.69. The molecule has 116 valence electrons. The van der Waals surface area contributed by atoms with E-state index in [0.717, 1.165) is 37.3 Å². The van der Waals surface area contributed by atoms with Gasteiger partial charge in [0.15, 0.2) is 0 Å². The molecule has 1 atom stereocenters. The summed E-state index contributed by atoms with van der Waals surface area (Å²) in [6.45, 7) is 5.21. The molecule has 1 aliphatic heterocycles. The summed E-state index contributed by atoms with van der Waals surface area (Å²) in [6.07, 6.45) is 6.52. The van der Waals surface area contributed by atoms with Gasteiger partial charge >= 0.3 is 0 Å². The number of nitrogens with zero attached hydrogens (tertiary/aromatic N) is 1. The lowest BCUT2D eigenvalue weighted by Gasteiger charge is -2.32. The van der Waals surface area contributed by atoms with Crippen LogP contribution in [0.1, 0.15) is 37.7 Å². The number of ether oxygens (including phenoxy) is 1. The van der Waals surface area contributed by atoms with E-state index in [1.54, 1.807) is 0 Å². The average Bonchev–Trinajstić information content (AvgIpc) is 3.32. The Hall–Kier alpha value is -1.06. The highest BCUT2D eigenvalue weighted by atomic mass is 16.5. The van der Waals surface area contributed by atoms with E-state index in [-0.39, 0.29) is 0 Å². The molecule has 0 spiro atoms. The minimum Gasteiger partial charge on any atom is -0.493 e. The summed E-state index contributed by atoms with van der Waals surface area (Å²) in [6, 6.07) is 8.68. The molecular formula is C18H28N2O. The highest BCUT2D eigenvalue weighted by Crippen LogP contribution is 2.29. The molecule has 0 radical (unpaired) electrons. The van der Waals surface area contributed by atoms with Crippen molar-refractivity contribution in [2.75, 3.05) is 26.2 Å². The maximum Gasteiger partial charge on any atom is 0.119 e. The summed E-state index contributed by atoms with van der Waals surface area (Å²) in [5.74, 6) is 2.63. The van der Waals surface area contributed by atoms with E-state index in [4.69, 9.17) is 10.5 Å². The van der Waals surface area contributed by atoms with Crippen LogP contribution in [0.2, 0.25) is 0 Å². The minimum atomic E-state index is 0.796. The van der Waals surface area contributed by atoms with Gasteiger partial charge < -0.3 is 10.5 Å². The van der Waals surface area contributed by atoms with Crippen molar-refractivity contribution in [1.29, 1.82) is 0 Å². The van der Waals surface area contributed by atoms with Gasteiger partial charge in [0.05, 0.1) is 6.61 Å². The zero-order chi connectivity index (χ0) is 14.5. The number of nitrogens with two attached hydrogens (primary N) is 1. The number of likely N-dealkylation sites (tertiary alicyclic amines) is 1. The van der Waals surface area contributed by atoms with E-state index < -0.39 is 0 Å². The summed E-state index contributed by atoms with van der Waals surface area (Å²) in [7, 11) is 0. The molecule has 3 heteroatoms. The number of rotatable bonds is 7. The van der Waals surface area contributed by atoms with Crippen LogP contribution in [0.5, 0.6) is 5.75 Å². The molecule has 1 heterocycles. The van der Waals surface area contributed by atoms with Gasteiger partial charge in [-0.1, -0.05) is 12.1 Å². The van der Waals surface area contributed by atoms with E-state index in [1.165, 1.54) is 50.8 Å². The molecule has 0 bridgehead atoms. The van der Waals surface area contributed by atoms with Gasteiger partial charge in [-0.15, -0.1) is 0 Å². The lowest BCUT2D eigenvalue weighted by Crippen LogP contribution is -2.35. The third-order valence-corrected chi connectivity index (χ3v) is 4.69. The molecule has 1 aromatic rings. The molecule has 1 saturated carbocycles. The number of piperidine rings is 1.